The van der Waals surface area contributed by atoms with E-state index >= 15 is 0 Å². The molecule has 3 heterocycles. The highest BCUT2D eigenvalue weighted by Crippen LogP contribution is 2.50. The van der Waals surface area contributed by atoms with E-state index in [1.54, 1.807) is 0 Å². The molecule has 0 fully saturated rings. The summed E-state index contributed by atoms with van der Waals surface area (Å²) in [6.07, 6.45) is 1.95. The molecule has 1 aliphatic heterocycles. The second kappa shape index (κ2) is 18.3. The van der Waals surface area contributed by atoms with Crippen LogP contribution in [0.1, 0.15) is 155 Å². The van der Waals surface area contributed by atoms with E-state index < -0.39 is 0 Å². The molecule has 0 N–H and O–H groups in total. The fraction of sp³-hybridized carbons (Fsp3) is 0.329. The fourth-order valence-corrected chi connectivity index (χ4v) is 10.8. The monoisotopic (exact) mass is 991 g/mol. The highest BCUT2D eigenvalue weighted by atomic mass is 16.5. The lowest BCUT2D eigenvalue weighted by Crippen LogP contribution is -2.26. The maximum Gasteiger partial charge on any atom is 0.137 e. The Balaban J connectivity index is 1.16. The van der Waals surface area contributed by atoms with Crippen LogP contribution < -0.4 is 14.5 Å². The Morgan fingerprint density at radius 1 is 0.360 bits per heavy atom. The van der Waals surface area contributed by atoms with Gasteiger partial charge in [0.15, 0.2) is 0 Å². The highest BCUT2D eigenvalue weighted by molar-refractivity contribution is 6.10. The zero-order valence-corrected chi connectivity index (χ0v) is 47.6. The summed E-state index contributed by atoms with van der Waals surface area (Å²) in [7, 11) is 0. The maximum atomic E-state index is 7.25. The number of benzene rings is 7. The Labute approximate surface area is 448 Å². The molecule has 0 saturated heterocycles. The minimum atomic E-state index is -0.352. The summed E-state index contributed by atoms with van der Waals surface area (Å²) < 4.78 is 9.57. The highest BCUT2D eigenvalue weighted by Gasteiger charge is 2.35. The number of rotatable bonds is 9. The summed E-state index contributed by atoms with van der Waals surface area (Å²) in [6.45, 7) is 37.6. The van der Waals surface area contributed by atoms with E-state index in [2.05, 4.69) is 289 Å². The summed E-state index contributed by atoms with van der Waals surface area (Å²) in [5.74, 6) is 2.44. The first-order valence-electron chi connectivity index (χ1n) is 27.0. The predicted molar refractivity (Wildman–Crippen MR) is 319 cm³/mol. The number of ether oxygens (including phenoxy) is 1. The van der Waals surface area contributed by atoms with Gasteiger partial charge in [0.2, 0.25) is 0 Å². The normalized spacial score (nSPS) is 13.8. The summed E-state index contributed by atoms with van der Waals surface area (Å²) in [4.78, 5) is 10.1. The molecule has 2 aromatic heterocycles. The van der Waals surface area contributed by atoms with Crippen LogP contribution in [0.3, 0.4) is 0 Å². The summed E-state index contributed by atoms with van der Waals surface area (Å²) in [5.41, 5.74) is 16.2. The quantitative estimate of drug-likeness (QED) is 0.144. The Morgan fingerprint density at radius 2 is 0.893 bits per heavy atom. The minimum Gasteiger partial charge on any atom is -0.457 e. The maximum absolute atomic E-state index is 7.25. The Morgan fingerprint density at radius 3 is 1.49 bits per heavy atom. The van der Waals surface area contributed by atoms with Crippen molar-refractivity contribution >= 4 is 44.6 Å². The molecule has 0 aliphatic carbocycles. The number of nitrogens with zero attached hydrogens (tertiary/aromatic N) is 4. The largest absolute Gasteiger partial charge is 0.457 e. The minimum absolute atomic E-state index is 0.00786. The van der Waals surface area contributed by atoms with Crippen LogP contribution in [-0.4, -0.2) is 16.2 Å². The molecule has 75 heavy (non-hydrogen) atoms. The van der Waals surface area contributed by atoms with Crippen molar-refractivity contribution in [2.45, 2.75) is 143 Å². The molecule has 0 amide bonds. The van der Waals surface area contributed by atoms with Crippen LogP contribution in [0.25, 0.3) is 27.6 Å². The number of pyridine rings is 1. The summed E-state index contributed by atoms with van der Waals surface area (Å²) in [5, 5.41) is 2.37. The second-order valence-corrected chi connectivity index (χ2v) is 26.4. The van der Waals surface area contributed by atoms with Crippen LogP contribution in [0.2, 0.25) is 0 Å². The molecule has 7 aromatic carbocycles. The van der Waals surface area contributed by atoms with E-state index in [9.17, 15) is 0 Å². The molecule has 0 radical (unpaired) electrons. The predicted octanol–water partition coefficient (Wildman–Crippen LogP) is 19.1. The van der Waals surface area contributed by atoms with Gasteiger partial charge in [-0.25, -0.2) is 4.98 Å². The lowest BCUT2D eigenvalue weighted by atomic mass is 9.77. The van der Waals surface area contributed by atoms with Crippen molar-refractivity contribution in [2.75, 3.05) is 16.5 Å². The molecule has 0 saturated carbocycles. The number of hydrogen-bond donors (Lipinski definition) is 0. The molecular weight excluding hydrogens is 913 g/mol. The van der Waals surface area contributed by atoms with Crippen LogP contribution in [-0.2, 0) is 32.5 Å². The summed E-state index contributed by atoms with van der Waals surface area (Å²) >= 11 is 0. The smallest absolute Gasteiger partial charge is 0.137 e. The van der Waals surface area contributed by atoms with Crippen LogP contribution in [0.15, 0.2) is 170 Å². The van der Waals surface area contributed by atoms with Crippen molar-refractivity contribution in [1.29, 1.82) is 0 Å². The van der Waals surface area contributed by atoms with Crippen molar-refractivity contribution in [3.63, 3.8) is 0 Å². The van der Waals surface area contributed by atoms with Gasteiger partial charge in [-0.1, -0.05) is 190 Å². The molecule has 9 aromatic rings. The number of fused-ring (bicyclic) bond motifs is 4. The van der Waals surface area contributed by atoms with E-state index in [-0.39, 0.29) is 32.5 Å². The molecule has 384 valence electrons. The van der Waals surface area contributed by atoms with Gasteiger partial charge in [0.05, 0.1) is 22.4 Å². The van der Waals surface area contributed by atoms with Crippen molar-refractivity contribution in [2.24, 2.45) is 0 Å². The number of hydrogen-bond acceptors (Lipinski definition) is 4. The first kappa shape index (κ1) is 51.4. The average molecular weight is 991 g/mol. The van der Waals surface area contributed by atoms with Gasteiger partial charge in [0, 0.05) is 51.3 Å². The zero-order chi connectivity index (χ0) is 53.6. The van der Waals surface area contributed by atoms with Crippen LogP contribution in [0.5, 0.6) is 11.5 Å². The molecule has 0 bridgehead atoms. The molecule has 5 nitrogen and oxygen atoms in total. The second-order valence-electron chi connectivity index (χ2n) is 26.4. The van der Waals surface area contributed by atoms with Gasteiger partial charge in [0.25, 0.3) is 0 Å². The molecular formula is C70H78N4O. The average Bonchev–Trinajstić information content (AvgIpc) is 3.92. The standard InChI is InChI=1S/C70H78N4O/c1-65(2,3)48-27-31-60-59(40-48)58-30-29-56(44-62(58)74(60)64-42-49(33-34-71-64)66(4,5)6)75-57-39-53(70(15,16)47-25-21-18-22-26-47)38-55(43-57)72-45-73(54-36-51(67(7,8)9)35-52(37-54)68(10,11)12)63-41-50(28-32-61(63)72)69(13,14)46-23-19-17-20-24-46/h17-44H,45H2,1-16H3. The third-order valence-electron chi connectivity index (χ3n) is 16.1. The van der Waals surface area contributed by atoms with E-state index in [0.717, 1.165) is 39.7 Å². The molecule has 5 heteroatoms. The van der Waals surface area contributed by atoms with E-state index in [1.165, 1.54) is 66.7 Å². The van der Waals surface area contributed by atoms with Gasteiger partial charge >= 0.3 is 0 Å². The lowest BCUT2D eigenvalue weighted by molar-refractivity contribution is 0.480. The zero-order valence-electron chi connectivity index (χ0n) is 47.6. The Hall–Kier alpha value is -7.11. The first-order chi connectivity index (χ1) is 35.2. The third-order valence-corrected chi connectivity index (χ3v) is 16.1. The van der Waals surface area contributed by atoms with Gasteiger partial charge in [0.1, 0.15) is 24.0 Å². The number of anilines is 4. The first-order valence-corrected chi connectivity index (χ1v) is 27.0. The van der Waals surface area contributed by atoms with Crippen molar-refractivity contribution in [1.82, 2.24) is 9.55 Å². The summed E-state index contributed by atoms with van der Waals surface area (Å²) in [6, 6.07) is 61.0. The van der Waals surface area contributed by atoms with E-state index in [4.69, 9.17) is 9.72 Å². The Kier molecular flexibility index (Phi) is 12.6. The SMILES string of the molecule is CC(C)(C)c1cc(N2CN(c3cc(Oc4ccc5c6cc(C(C)(C)C)ccc6n(-c6cc(C(C)(C)C)ccn6)c5c4)cc(C(C)(C)c4ccccc4)c3)c3ccc(C(C)(C)c4ccccc4)cc32)cc(C(C)(C)C)c1. The Bertz CT molecular complexity index is 3560. The van der Waals surface area contributed by atoms with Gasteiger partial charge in [-0.2, -0.15) is 0 Å². The van der Waals surface area contributed by atoms with E-state index in [1.807, 2.05) is 6.20 Å². The van der Waals surface area contributed by atoms with E-state index in [0.29, 0.717) is 6.67 Å². The van der Waals surface area contributed by atoms with Gasteiger partial charge in [-0.05, 0) is 139 Å². The van der Waals surface area contributed by atoms with Crippen LogP contribution >= 0.6 is 0 Å². The molecule has 0 atom stereocenters. The van der Waals surface area contributed by atoms with Crippen LogP contribution in [0.4, 0.5) is 22.7 Å². The molecule has 10 rings (SSSR count). The molecule has 0 unspecified atom stereocenters. The molecule has 0 spiro atoms. The van der Waals surface area contributed by atoms with Crippen LogP contribution in [0, 0.1) is 0 Å². The van der Waals surface area contributed by atoms with Gasteiger partial charge < -0.3 is 14.5 Å². The van der Waals surface area contributed by atoms with Crippen molar-refractivity contribution < 1.29 is 4.74 Å². The third kappa shape index (κ3) is 9.76. The van der Waals surface area contributed by atoms with Gasteiger partial charge in [-0.15, -0.1) is 0 Å². The molecule has 1 aliphatic rings. The lowest BCUT2D eigenvalue weighted by Gasteiger charge is -2.30. The number of aromatic nitrogens is 2. The van der Waals surface area contributed by atoms with Crippen molar-refractivity contribution in [3.8, 4) is 17.3 Å². The fourth-order valence-electron chi connectivity index (χ4n) is 10.8. The van der Waals surface area contributed by atoms with Crippen molar-refractivity contribution in [3.05, 3.63) is 214 Å². The topological polar surface area (TPSA) is 33.5 Å². The van der Waals surface area contributed by atoms with Gasteiger partial charge in [-0.3, -0.25) is 4.57 Å².